The molecule has 0 spiro atoms. The number of carbonyl (C=O) groups excluding carboxylic acids is 2. The van der Waals surface area contributed by atoms with E-state index < -0.39 is 0 Å². The summed E-state index contributed by atoms with van der Waals surface area (Å²) in [5.41, 5.74) is 8.12. The lowest BCUT2D eigenvalue weighted by molar-refractivity contribution is -0.114. The summed E-state index contributed by atoms with van der Waals surface area (Å²) in [5.74, 6) is 0.178. The molecule has 0 fully saturated rings. The summed E-state index contributed by atoms with van der Waals surface area (Å²) in [6.07, 6.45) is 5.46. The second-order valence-electron chi connectivity index (χ2n) is 8.96. The number of aromatic nitrogens is 1. The van der Waals surface area contributed by atoms with Crippen molar-refractivity contribution in [3.05, 3.63) is 101 Å². The molecule has 1 aliphatic heterocycles. The highest BCUT2D eigenvalue weighted by Gasteiger charge is 2.23. The van der Waals surface area contributed by atoms with Crippen LogP contribution in [0, 0.1) is 20.8 Å². The van der Waals surface area contributed by atoms with Gasteiger partial charge in [-0.25, -0.2) is 9.99 Å². The number of hydrogen-bond donors (Lipinski definition) is 1. The van der Waals surface area contributed by atoms with Crippen molar-refractivity contribution in [2.24, 2.45) is 5.10 Å². The van der Waals surface area contributed by atoms with E-state index in [1.54, 1.807) is 16.8 Å². The van der Waals surface area contributed by atoms with Gasteiger partial charge in [-0.3, -0.25) is 4.79 Å². The first-order valence-corrected chi connectivity index (χ1v) is 16.6. The van der Waals surface area contributed by atoms with Gasteiger partial charge >= 0.3 is 0 Å². The number of thioether (sulfide) groups is 1. The third-order valence-electron chi connectivity index (χ3n) is 5.72. The Balaban J connectivity index is -0.00000132. The minimum absolute atomic E-state index is 0. The summed E-state index contributed by atoms with van der Waals surface area (Å²) in [4.78, 5) is 24.3. The lowest BCUT2D eigenvalue weighted by Gasteiger charge is -2.27. The van der Waals surface area contributed by atoms with E-state index in [1.165, 1.54) is 34.9 Å². The number of benzene rings is 2. The Morgan fingerprint density at radius 3 is 1.80 bits per heavy atom. The molecule has 0 aliphatic carbocycles. The van der Waals surface area contributed by atoms with Crippen LogP contribution < -0.4 is 10.3 Å². The van der Waals surface area contributed by atoms with Gasteiger partial charge < -0.3 is 10.1 Å². The summed E-state index contributed by atoms with van der Waals surface area (Å²) >= 11 is 1.76. The lowest BCUT2D eigenvalue weighted by atomic mass is 9.94. The summed E-state index contributed by atoms with van der Waals surface area (Å²) in [6.45, 7) is 30.7. The van der Waals surface area contributed by atoms with Crippen LogP contribution in [0.5, 0.6) is 0 Å². The van der Waals surface area contributed by atoms with Crippen LogP contribution >= 0.6 is 11.8 Å². The molecule has 0 radical (unpaired) electrons. The monoisotopic (exact) mass is 636 g/mol. The average Bonchev–Trinajstić information content (AvgIpc) is 3.05. The van der Waals surface area contributed by atoms with Gasteiger partial charge in [0.15, 0.2) is 0 Å². The van der Waals surface area contributed by atoms with Crippen molar-refractivity contribution in [2.75, 3.05) is 5.01 Å². The van der Waals surface area contributed by atoms with Gasteiger partial charge in [-0.2, -0.15) is 5.10 Å². The summed E-state index contributed by atoms with van der Waals surface area (Å²) in [6, 6.07) is 17.2. The first kappa shape index (κ1) is 45.7. The summed E-state index contributed by atoms with van der Waals surface area (Å²) in [7, 11) is 0. The minimum atomic E-state index is -0.265. The van der Waals surface area contributed by atoms with Crippen molar-refractivity contribution in [3.63, 3.8) is 0 Å². The average molecular weight is 637 g/mol. The number of pyridine rings is 1. The zero-order valence-corrected chi connectivity index (χ0v) is 30.1. The number of nitrogens with zero attached hydrogens (tertiary/aromatic N) is 3. The second kappa shape index (κ2) is 26.7. The Kier molecular flexibility index (Phi) is 27.1. The number of anilines is 1. The highest BCUT2D eigenvalue weighted by molar-refractivity contribution is 7.99. The SMILES string of the molecule is C.C=C1NC(=O)C=NN1c1cc(C)c(C(Sc2ccc(CC)cn2)c2ccc(C)cc2)c(C)c1.C=O.CC.CC.CC.CCC. The third kappa shape index (κ3) is 14.7. The van der Waals surface area contributed by atoms with Crippen LogP contribution in [-0.4, -0.2) is 23.9 Å². The lowest BCUT2D eigenvalue weighted by Crippen LogP contribution is -2.37. The van der Waals surface area contributed by atoms with Gasteiger partial charge in [0.05, 0.1) is 16.0 Å². The van der Waals surface area contributed by atoms with Crippen molar-refractivity contribution >= 4 is 36.4 Å². The molecule has 1 amide bonds. The Hall–Kier alpha value is -3.71. The van der Waals surface area contributed by atoms with E-state index in [9.17, 15) is 4.79 Å². The molecule has 0 bridgehead atoms. The van der Waals surface area contributed by atoms with Gasteiger partial charge in [0.2, 0.25) is 0 Å². The van der Waals surface area contributed by atoms with Gasteiger partial charge in [-0.15, -0.1) is 0 Å². The standard InChI is InChI=1S/C27H28N4OS.C3H8.3C2H6.CH2O.CH4/c1-6-21-9-12-25(28-15-21)33-27(22-10-7-17(2)8-11-22)26-18(3)13-23(14-19(26)4)31-20(5)30-24(32)16-29-31;1-3-2;4*1-2;/h7-16,27H,5-6H2,1-4H3,(H,30,32);3H2,1-2H3;3*1-2H3;1H2;1H4. The van der Waals surface area contributed by atoms with E-state index in [2.05, 4.69) is 107 Å². The predicted molar refractivity (Wildman–Crippen MR) is 201 cm³/mol. The number of hydrogen-bond acceptors (Lipinski definition) is 6. The minimum Gasteiger partial charge on any atom is -0.307 e. The molecular weight excluding hydrogens is 577 g/mol. The highest BCUT2D eigenvalue weighted by Crippen LogP contribution is 2.43. The third-order valence-corrected chi connectivity index (χ3v) is 6.95. The van der Waals surface area contributed by atoms with Gasteiger partial charge in [0.25, 0.3) is 5.91 Å². The largest absolute Gasteiger partial charge is 0.307 e. The van der Waals surface area contributed by atoms with Crippen LogP contribution in [0.2, 0.25) is 0 Å². The molecule has 45 heavy (non-hydrogen) atoms. The van der Waals surface area contributed by atoms with Crippen molar-refractivity contribution < 1.29 is 9.59 Å². The molecule has 1 unspecified atom stereocenters. The van der Waals surface area contributed by atoms with E-state index >= 15 is 0 Å². The van der Waals surface area contributed by atoms with Crippen molar-refractivity contribution in [2.45, 2.75) is 114 Å². The molecule has 1 N–H and O–H groups in total. The molecule has 6 nitrogen and oxygen atoms in total. The summed E-state index contributed by atoms with van der Waals surface area (Å²) < 4.78 is 0. The van der Waals surface area contributed by atoms with Crippen molar-refractivity contribution in [1.82, 2.24) is 10.3 Å². The van der Waals surface area contributed by atoms with Gasteiger partial charge in [-0.05, 0) is 73.2 Å². The van der Waals surface area contributed by atoms with Crippen LogP contribution in [0.25, 0.3) is 0 Å². The molecule has 4 rings (SSSR count). The van der Waals surface area contributed by atoms with E-state index in [0.29, 0.717) is 5.82 Å². The number of amides is 1. The number of nitrogens with one attached hydrogen (secondary N) is 1. The predicted octanol–water partition coefficient (Wildman–Crippen LogP) is 10.8. The maximum Gasteiger partial charge on any atom is 0.269 e. The number of carbonyl (C=O) groups is 2. The van der Waals surface area contributed by atoms with Crippen molar-refractivity contribution in [1.29, 1.82) is 0 Å². The fraction of sp³-hybridized carbons (Fsp3) is 0.421. The van der Waals surface area contributed by atoms with Gasteiger partial charge in [-0.1, -0.05) is 130 Å². The Morgan fingerprint density at radius 1 is 0.867 bits per heavy atom. The van der Waals surface area contributed by atoms with Crippen LogP contribution in [0.3, 0.4) is 0 Å². The maximum absolute atomic E-state index is 11.6. The molecule has 1 atom stereocenters. The Labute approximate surface area is 279 Å². The highest BCUT2D eigenvalue weighted by atomic mass is 32.2. The molecule has 250 valence electrons. The van der Waals surface area contributed by atoms with E-state index in [1.807, 2.05) is 54.5 Å². The zero-order chi connectivity index (χ0) is 34.2. The molecule has 1 aliphatic rings. The van der Waals surface area contributed by atoms with Crippen LogP contribution in [0.4, 0.5) is 5.69 Å². The van der Waals surface area contributed by atoms with Crippen LogP contribution in [0.1, 0.15) is 115 Å². The van der Waals surface area contributed by atoms with Gasteiger partial charge in [0, 0.05) is 6.20 Å². The van der Waals surface area contributed by atoms with Crippen molar-refractivity contribution in [3.8, 4) is 0 Å². The fourth-order valence-corrected chi connectivity index (χ4v) is 5.25. The Bertz CT molecular complexity index is 1230. The molecule has 3 aromatic rings. The fourth-order valence-electron chi connectivity index (χ4n) is 3.96. The molecule has 1 aromatic heterocycles. The van der Waals surface area contributed by atoms with E-state index in [0.717, 1.165) is 28.3 Å². The molecule has 2 heterocycles. The quantitative estimate of drug-likeness (QED) is 0.273. The number of rotatable bonds is 6. The zero-order valence-electron chi connectivity index (χ0n) is 29.2. The van der Waals surface area contributed by atoms with E-state index in [4.69, 9.17) is 9.78 Å². The van der Waals surface area contributed by atoms with Crippen LogP contribution in [-0.2, 0) is 16.0 Å². The molecule has 0 saturated carbocycles. The first-order chi connectivity index (χ1) is 21.3. The maximum atomic E-state index is 11.6. The first-order valence-electron chi connectivity index (χ1n) is 15.7. The molecule has 2 aromatic carbocycles. The normalized spacial score (nSPS) is 11.4. The van der Waals surface area contributed by atoms with E-state index in [-0.39, 0.29) is 18.6 Å². The smallest absolute Gasteiger partial charge is 0.269 e. The number of hydrazone groups is 1. The number of aryl methyl sites for hydroxylation is 4. The second-order valence-corrected chi connectivity index (χ2v) is 10.1. The van der Waals surface area contributed by atoms with Crippen LogP contribution in [0.15, 0.2) is 77.3 Å². The van der Waals surface area contributed by atoms with Gasteiger partial charge in [0.1, 0.15) is 18.8 Å². The topological polar surface area (TPSA) is 74.7 Å². The molecule has 7 heteroatoms. The summed E-state index contributed by atoms with van der Waals surface area (Å²) in [5, 5.41) is 9.70. The Morgan fingerprint density at radius 2 is 1.38 bits per heavy atom. The molecular formula is C38H60N4O2S. The molecule has 0 saturated heterocycles.